The second-order valence-corrected chi connectivity index (χ2v) is 3.20. The topological polar surface area (TPSA) is 24.6 Å². The lowest BCUT2D eigenvalue weighted by atomic mass is 10.2. The van der Waals surface area contributed by atoms with E-state index in [0.29, 0.717) is 6.10 Å². The minimum atomic E-state index is 0.626. The van der Waals surface area contributed by atoms with E-state index in [1.807, 2.05) is 0 Å². The summed E-state index contributed by atoms with van der Waals surface area (Å²) in [6.07, 6.45) is 5.77. The monoisotopic (exact) mass is 157 g/mol. The first-order valence-corrected chi connectivity index (χ1v) is 4.76. The normalized spacial score (nSPS) is 22.1. The number of hydrogen-bond acceptors (Lipinski definition) is 2. The molecule has 0 amide bonds. The minimum Gasteiger partial charge on any atom is -0.373 e. The number of epoxide rings is 1. The van der Waals surface area contributed by atoms with Crippen molar-refractivity contribution in [1.82, 2.24) is 5.32 Å². The van der Waals surface area contributed by atoms with Crippen LogP contribution < -0.4 is 5.32 Å². The van der Waals surface area contributed by atoms with Crippen LogP contribution in [0.2, 0.25) is 0 Å². The summed E-state index contributed by atoms with van der Waals surface area (Å²) in [7, 11) is 0. The summed E-state index contributed by atoms with van der Waals surface area (Å²) in [6, 6.07) is 0. The molecule has 1 aliphatic heterocycles. The number of rotatable bonds is 7. The van der Waals surface area contributed by atoms with Gasteiger partial charge >= 0.3 is 0 Å². The SMILES string of the molecule is CCCNCCCCC1CO1. The first-order chi connectivity index (χ1) is 5.43. The van der Waals surface area contributed by atoms with E-state index in [4.69, 9.17) is 4.74 Å². The molecule has 66 valence electrons. The average Bonchev–Trinajstić information content (AvgIpc) is 2.80. The van der Waals surface area contributed by atoms with Gasteiger partial charge in [0.15, 0.2) is 0 Å². The van der Waals surface area contributed by atoms with Crippen molar-refractivity contribution in [2.75, 3.05) is 19.7 Å². The van der Waals surface area contributed by atoms with Gasteiger partial charge in [-0.3, -0.25) is 0 Å². The van der Waals surface area contributed by atoms with Crippen LogP contribution in [-0.4, -0.2) is 25.8 Å². The van der Waals surface area contributed by atoms with Crippen LogP contribution >= 0.6 is 0 Å². The number of unbranched alkanes of at least 4 members (excludes halogenated alkanes) is 1. The van der Waals surface area contributed by atoms with E-state index in [1.165, 1.54) is 38.8 Å². The molecule has 1 N–H and O–H groups in total. The van der Waals surface area contributed by atoms with Gasteiger partial charge in [-0.25, -0.2) is 0 Å². The van der Waals surface area contributed by atoms with E-state index in [2.05, 4.69) is 12.2 Å². The Hall–Kier alpha value is -0.0800. The average molecular weight is 157 g/mol. The molecular formula is C9H19NO. The Balaban J connectivity index is 1.66. The summed E-state index contributed by atoms with van der Waals surface area (Å²) in [5.41, 5.74) is 0. The van der Waals surface area contributed by atoms with Gasteiger partial charge in [-0.15, -0.1) is 0 Å². The summed E-state index contributed by atoms with van der Waals surface area (Å²) < 4.78 is 5.12. The molecule has 2 nitrogen and oxygen atoms in total. The molecule has 1 heterocycles. The van der Waals surface area contributed by atoms with Crippen molar-refractivity contribution in [3.63, 3.8) is 0 Å². The molecule has 1 fully saturated rings. The molecule has 0 bridgehead atoms. The minimum absolute atomic E-state index is 0.626. The van der Waals surface area contributed by atoms with Crippen LogP contribution in [0.15, 0.2) is 0 Å². The van der Waals surface area contributed by atoms with Crippen molar-refractivity contribution in [3.05, 3.63) is 0 Å². The summed E-state index contributed by atoms with van der Waals surface area (Å²) >= 11 is 0. The summed E-state index contributed by atoms with van der Waals surface area (Å²) in [5, 5.41) is 3.39. The van der Waals surface area contributed by atoms with Crippen LogP contribution in [-0.2, 0) is 4.74 Å². The highest BCUT2D eigenvalue weighted by atomic mass is 16.6. The van der Waals surface area contributed by atoms with E-state index in [0.717, 1.165) is 6.61 Å². The highest BCUT2D eigenvalue weighted by molar-refractivity contribution is 4.68. The lowest BCUT2D eigenvalue weighted by Gasteiger charge is -2.00. The first-order valence-electron chi connectivity index (χ1n) is 4.76. The molecule has 0 spiro atoms. The molecule has 0 aromatic heterocycles. The third kappa shape index (κ3) is 5.22. The van der Waals surface area contributed by atoms with Crippen molar-refractivity contribution >= 4 is 0 Å². The van der Waals surface area contributed by atoms with Gasteiger partial charge < -0.3 is 10.1 Å². The maximum atomic E-state index is 5.12. The van der Waals surface area contributed by atoms with Crippen molar-refractivity contribution < 1.29 is 4.74 Å². The van der Waals surface area contributed by atoms with E-state index in [9.17, 15) is 0 Å². The third-order valence-corrected chi connectivity index (χ3v) is 1.96. The molecule has 11 heavy (non-hydrogen) atoms. The van der Waals surface area contributed by atoms with Crippen molar-refractivity contribution in [3.8, 4) is 0 Å². The second kappa shape index (κ2) is 5.56. The molecule has 2 heteroatoms. The summed E-state index contributed by atoms with van der Waals surface area (Å²) in [4.78, 5) is 0. The van der Waals surface area contributed by atoms with Gasteiger partial charge in [-0.1, -0.05) is 6.92 Å². The maximum Gasteiger partial charge on any atom is 0.0810 e. The zero-order valence-electron chi connectivity index (χ0n) is 7.44. The van der Waals surface area contributed by atoms with Gasteiger partial charge in [0.1, 0.15) is 0 Å². The fourth-order valence-corrected chi connectivity index (χ4v) is 1.16. The van der Waals surface area contributed by atoms with Crippen LogP contribution in [0.1, 0.15) is 32.6 Å². The Morgan fingerprint density at radius 3 is 2.82 bits per heavy atom. The molecular weight excluding hydrogens is 138 g/mol. The quantitative estimate of drug-likeness (QED) is 0.448. The standard InChI is InChI=1S/C9H19NO/c1-2-6-10-7-4-3-5-9-8-11-9/h9-10H,2-8H2,1H3. The van der Waals surface area contributed by atoms with Crippen LogP contribution in [0.5, 0.6) is 0 Å². The molecule has 0 saturated carbocycles. The number of nitrogens with one attached hydrogen (secondary N) is 1. The van der Waals surface area contributed by atoms with Crippen LogP contribution in [0.3, 0.4) is 0 Å². The number of hydrogen-bond donors (Lipinski definition) is 1. The highest BCUT2D eigenvalue weighted by Gasteiger charge is 2.20. The maximum absolute atomic E-state index is 5.12. The molecule has 0 aromatic carbocycles. The molecule has 1 aliphatic rings. The Labute approximate surface area is 69.3 Å². The van der Waals surface area contributed by atoms with E-state index < -0.39 is 0 Å². The highest BCUT2D eigenvalue weighted by Crippen LogP contribution is 2.15. The van der Waals surface area contributed by atoms with Gasteiger partial charge in [0.2, 0.25) is 0 Å². The van der Waals surface area contributed by atoms with Crippen LogP contribution in [0.4, 0.5) is 0 Å². The Bertz CT molecular complexity index is 91.6. The zero-order chi connectivity index (χ0) is 7.94. The van der Waals surface area contributed by atoms with Gasteiger partial charge in [0.05, 0.1) is 12.7 Å². The van der Waals surface area contributed by atoms with Crippen molar-refractivity contribution in [2.24, 2.45) is 0 Å². The predicted molar refractivity (Wildman–Crippen MR) is 46.8 cm³/mol. The van der Waals surface area contributed by atoms with Crippen molar-refractivity contribution in [1.29, 1.82) is 0 Å². The van der Waals surface area contributed by atoms with Gasteiger partial charge in [0, 0.05) is 0 Å². The molecule has 0 aromatic rings. The van der Waals surface area contributed by atoms with Crippen molar-refractivity contribution in [2.45, 2.75) is 38.7 Å². The molecule has 1 rings (SSSR count). The van der Waals surface area contributed by atoms with Crippen LogP contribution in [0, 0.1) is 0 Å². The molecule has 1 saturated heterocycles. The second-order valence-electron chi connectivity index (χ2n) is 3.20. The fraction of sp³-hybridized carbons (Fsp3) is 1.00. The lowest BCUT2D eigenvalue weighted by molar-refractivity contribution is 0.388. The molecule has 1 unspecified atom stereocenters. The fourth-order valence-electron chi connectivity index (χ4n) is 1.16. The molecule has 0 radical (unpaired) electrons. The van der Waals surface area contributed by atoms with E-state index in [-0.39, 0.29) is 0 Å². The summed E-state index contributed by atoms with van der Waals surface area (Å²) in [5.74, 6) is 0. The molecule has 1 atom stereocenters. The van der Waals surface area contributed by atoms with Gasteiger partial charge in [-0.2, -0.15) is 0 Å². The smallest absolute Gasteiger partial charge is 0.0810 e. The Morgan fingerprint density at radius 1 is 1.36 bits per heavy atom. The zero-order valence-corrected chi connectivity index (χ0v) is 7.44. The predicted octanol–water partition coefficient (Wildman–Crippen LogP) is 1.56. The largest absolute Gasteiger partial charge is 0.373 e. The van der Waals surface area contributed by atoms with Gasteiger partial charge in [-0.05, 0) is 38.8 Å². The molecule has 0 aliphatic carbocycles. The first kappa shape index (κ1) is 9.01. The van der Waals surface area contributed by atoms with Gasteiger partial charge in [0.25, 0.3) is 0 Å². The van der Waals surface area contributed by atoms with Crippen LogP contribution in [0.25, 0.3) is 0 Å². The van der Waals surface area contributed by atoms with E-state index in [1.54, 1.807) is 0 Å². The number of ether oxygens (including phenoxy) is 1. The Kier molecular flexibility index (Phi) is 4.55. The third-order valence-electron chi connectivity index (χ3n) is 1.96. The Morgan fingerprint density at radius 2 is 2.18 bits per heavy atom. The lowest BCUT2D eigenvalue weighted by Crippen LogP contribution is -2.15. The summed E-state index contributed by atoms with van der Waals surface area (Å²) in [6.45, 7) is 5.56. The van der Waals surface area contributed by atoms with E-state index >= 15 is 0 Å².